The summed E-state index contributed by atoms with van der Waals surface area (Å²) in [5.74, 6) is -0.114. The SMILES string of the molecule is CCN(CC)S(=O)(=O)c1ccc(N2CCCC2)c(NC(=O)CCc2ccccc2)c1. The molecule has 1 aliphatic rings. The standard InChI is InChI=1S/C23H31N3O3S/c1-3-26(4-2)30(28,29)20-13-14-22(25-16-8-9-17-25)21(18-20)24-23(27)15-12-19-10-6-5-7-11-19/h5-7,10-11,13-14,18H,3-4,8-9,12,15-17H2,1-2H3,(H,24,27). The molecule has 30 heavy (non-hydrogen) atoms. The lowest BCUT2D eigenvalue weighted by Gasteiger charge is -2.24. The minimum Gasteiger partial charge on any atom is -0.370 e. The molecule has 0 saturated carbocycles. The van der Waals surface area contributed by atoms with E-state index >= 15 is 0 Å². The highest BCUT2D eigenvalue weighted by Crippen LogP contribution is 2.32. The fraction of sp³-hybridized carbons (Fsp3) is 0.435. The number of aryl methyl sites for hydroxylation is 1. The van der Waals surface area contributed by atoms with Gasteiger partial charge in [0.25, 0.3) is 0 Å². The van der Waals surface area contributed by atoms with E-state index in [-0.39, 0.29) is 10.8 Å². The molecule has 2 aromatic carbocycles. The molecule has 3 rings (SSSR count). The Kier molecular flexibility index (Phi) is 7.50. The number of hydrogen-bond acceptors (Lipinski definition) is 4. The topological polar surface area (TPSA) is 69.7 Å². The van der Waals surface area contributed by atoms with Crippen LogP contribution in [0.5, 0.6) is 0 Å². The van der Waals surface area contributed by atoms with E-state index in [4.69, 9.17) is 0 Å². The summed E-state index contributed by atoms with van der Waals surface area (Å²) < 4.78 is 27.4. The van der Waals surface area contributed by atoms with Crippen molar-refractivity contribution in [3.05, 3.63) is 54.1 Å². The lowest BCUT2D eigenvalue weighted by Crippen LogP contribution is -2.31. The van der Waals surface area contributed by atoms with Gasteiger partial charge in [0.1, 0.15) is 0 Å². The number of anilines is 2. The molecule has 1 heterocycles. The van der Waals surface area contributed by atoms with E-state index < -0.39 is 10.0 Å². The van der Waals surface area contributed by atoms with Crippen molar-refractivity contribution in [2.24, 2.45) is 0 Å². The van der Waals surface area contributed by atoms with E-state index in [0.717, 1.165) is 37.2 Å². The van der Waals surface area contributed by atoms with E-state index in [1.807, 2.05) is 50.2 Å². The van der Waals surface area contributed by atoms with Crippen molar-refractivity contribution < 1.29 is 13.2 Å². The van der Waals surface area contributed by atoms with Gasteiger partial charge < -0.3 is 10.2 Å². The molecule has 0 radical (unpaired) electrons. The highest BCUT2D eigenvalue weighted by molar-refractivity contribution is 7.89. The number of sulfonamides is 1. The lowest BCUT2D eigenvalue weighted by molar-refractivity contribution is -0.116. The zero-order valence-corrected chi connectivity index (χ0v) is 18.6. The van der Waals surface area contributed by atoms with E-state index in [2.05, 4.69) is 10.2 Å². The molecule has 0 aliphatic carbocycles. The second kappa shape index (κ2) is 10.1. The Morgan fingerprint density at radius 1 is 1.03 bits per heavy atom. The number of carbonyl (C=O) groups is 1. The van der Waals surface area contributed by atoms with E-state index in [1.54, 1.807) is 12.1 Å². The van der Waals surface area contributed by atoms with Crippen LogP contribution < -0.4 is 10.2 Å². The Morgan fingerprint density at radius 2 is 1.70 bits per heavy atom. The van der Waals surface area contributed by atoms with E-state index in [1.165, 1.54) is 4.31 Å². The highest BCUT2D eigenvalue weighted by atomic mass is 32.2. The first-order chi connectivity index (χ1) is 14.5. The van der Waals surface area contributed by atoms with Crippen molar-refractivity contribution in [2.75, 3.05) is 36.4 Å². The van der Waals surface area contributed by atoms with E-state index in [9.17, 15) is 13.2 Å². The van der Waals surface area contributed by atoms with Crippen LogP contribution in [0.15, 0.2) is 53.4 Å². The molecular weight excluding hydrogens is 398 g/mol. The number of carbonyl (C=O) groups excluding carboxylic acids is 1. The molecule has 1 amide bonds. The zero-order chi connectivity index (χ0) is 21.6. The molecule has 0 spiro atoms. The Labute approximate surface area is 179 Å². The maximum atomic E-state index is 13.0. The average Bonchev–Trinajstić information content (AvgIpc) is 3.28. The molecule has 1 saturated heterocycles. The van der Waals surface area contributed by atoms with Crippen molar-refractivity contribution in [2.45, 2.75) is 44.4 Å². The average molecular weight is 430 g/mol. The first kappa shape index (κ1) is 22.3. The van der Waals surface area contributed by atoms with Gasteiger partial charge in [-0.15, -0.1) is 0 Å². The summed E-state index contributed by atoms with van der Waals surface area (Å²) in [7, 11) is -3.59. The minimum absolute atomic E-state index is 0.114. The second-order valence-corrected chi connectivity index (χ2v) is 9.43. The Bertz CT molecular complexity index is 951. The van der Waals surface area contributed by atoms with Crippen molar-refractivity contribution >= 4 is 27.3 Å². The molecule has 162 valence electrons. The molecule has 0 bridgehead atoms. The normalized spacial score (nSPS) is 14.3. The molecule has 0 aromatic heterocycles. The monoisotopic (exact) mass is 429 g/mol. The summed E-state index contributed by atoms with van der Waals surface area (Å²) in [6.45, 7) is 6.29. The Hall–Kier alpha value is -2.38. The molecular formula is C23H31N3O3S. The second-order valence-electron chi connectivity index (χ2n) is 7.50. The maximum absolute atomic E-state index is 13.0. The van der Waals surface area contributed by atoms with Crippen LogP contribution in [0.4, 0.5) is 11.4 Å². The van der Waals surface area contributed by atoms with Crippen LogP contribution in [0.2, 0.25) is 0 Å². The smallest absolute Gasteiger partial charge is 0.243 e. The van der Waals surface area contributed by atoms with Gasteiger partial charge in [-0.3, -0.25) is 4.79 Å². The fourth-order valence-electron chi connectivity index (χ4n) is 3.84. The quantitative estimate of drug-likeness (QED) is 0.657. The molecule has 1 fully saturated rings. The molecule has 1 N–H and O–H groups in total. The molecule has 0 atom stereocenters. The van der Waals surface area contributed by atoms with Crippen molar-refractivity contribution in [1.29, 1.82) is 0 Å². The third kappa shape index (κ3) is 5.21. The number of amides is 1. The first-order valence-electron chi connectivity index (χ1n) is 10.7. The van der Waals surface area contributed by atoms with Crippen LogP contribution in [0.25, 0.3) is 0 Å². The minimum atomic E-state index is -3.59. The van der Waals surface area contributed by atoms with Crippen LogP contribution in [-0.4, -0.2) is 44.8 Å². The van der Waals surface area contributed by atoms with Crippen molar-refractivity contribution in [1.82, 2.24) is 4.31 Å². The molecule has 0 unspecified atom stereocenters. The van der Waals surface area contributed by atoms with Crippen LogP contribution in [-0.2, 0) is 21.2 Å². The highest BCUT2D eigenvalue weighted by Gasteiger charge is 2.25. The van der Waals surface area contributed by atoms with Gasteiger partial charge in [0.2, 0.25) is 15.9 Å². The number of nitrogens with zero attached hydrogens (tertiary/aromatic N) is 2. The lowest BCUT2D eigenvalue weighted by atomic mass is 10.1. The van der Waals surface area contributed by atoms with Crippen LogP contribution in [0, 0.1) is 0 Å². The summed E-state index contributed by atoms with van der Waals surface area (Å²) in [5.41, 5.74) is 2.56. The summed E-state index contributed by atoms with van der Waals surface area (Å²) in [5, 5.41) is 2.98. The summed E-state index contributed by atoms with van der Waals surface area (Å²) in [6, 6.07) is 15.0. The van der Waals surface area contributed by atoms with Gasteiger partial charge in [0.15, 0.2) is 0 Å². The summed E-state index contributed by atoms with van der Waals surface area (Å²) >= 11 is 0. The van der Waals surface area contributed by atoms with Crippen molar-refractivity contribution in [3.8, 4) is 0 Å². The third-order valence-electron chi connectivity index (χ3n) is 5.52. The van der Waals surface area contributed by atoms with Gasteiger partial charge in [-0.2, -0.15) is 4.31 Å². The Morgan fingerprint density at radius 3 is 2.33 bits per heavy atom. The molecule has 7 heteroatoms. The third-order valence-corrected chi connectivity index (χ3v) is 7.56. The molecule has 1 aliphatic heterocycles. The van der Waals surface area contributed by atoms with Gasteiger partial charge in [-0.05, 0) is 43.0 Å². The van der Waals surface area contributed by atoms with Gasteiger partial charge in [0.05, 0.1) is 16.3 Å². The number of hydrogen-bond donors (Lipinski definition) is 1. The molecule has 6 nitrogen and oxygen atoms in total. The maximum Gasteiger partial charge on any atom is 0.243 e. The first-order valence-corrected chi connectivity index (χ1v) is 12.1. The van der Waals surface area contributed by atoms with Crippen LogP contribution >= 0.6 is 0 Å². The van der Waals surface area contributed by atoms with E-state index in [0.29, 0.717) is 31.6 Å². The fourth-order valence-corrected chi connectivity index (χ4v) is 5.32. The van der Waals surface area contributed by atoms with Gasteiger partial charge >= 0.3 is 0 Å². The van der Waals surface area contributed by atoms with Gasteiger partial charge in [-0.25, -0.2) is 8.42 Å². The van der Waals surface area contributed by atoms with Gasteiger partial charge in [0, 0.05) is 32.6 Å². The predicted octanol–water partition coefficient (Wildman–Crippen LogP) is 3.89. The van der Waals surface area contributed by atoms with Crippen molar-refractivity contribution in [3.63, 3.8) is 0 Å². The largest absolute Gasteiger partial charge is 0.370 e. The van der Waals surface area contributed by atoms with Gasteiger partial charge in [-0.1, -0.05) is 44.2 Å². The van der Waals surface area contributed by atoms with Crippen LogP contribution in [0.1, 0.15) is 38.7 Å². The number of benzene rings is 2. The summed E-state index contributed by atoms with van der Waals surface area (Å²) in [4.78, 5) is 15.1. The summed E-state index contributed by atoms with van der Waals surface area (Å²) in [6.07, 6.45) is 3.18. The number of nitrogens with one attached hydrogen (secondary N) is 1. The van der Waals surface area contributed by atoms with Crippen LogP contribution in [0.3, 0.4) is 0 Å². The molecule has 2 aromatic rings. The number of rotatable bonds is 9. The Balaban J connectivity index is 1.84. The predicted molar refractivity (Wildman–Crippen MR) is 121 cm³/mol. The zero-order valence-electron chi connectivity index (χ0n) is 17.8.